The molecule has 1 aliphatic carbocycles. The Morgan fingerprint density at radius 2 is 1.95 bits per heavy atom. The van der Waals surface area contributed by atoms with Gasteiger partial charge in [-0.3, -0.25) is 0 Å². The smallest absolute Gasteiger partial charge is 0.252 e. The van der Waals surface area contributed by atoms with Gasteiger partial charge in [0.2, 0.25) is 0 Å². The third-order valence-electron chi connectivity index (χ3n) is 4.72. The predicted octanol–water partition coefficient (Wildman–Crippen LogP) is 3.10. The average molecular weight is 331 g/mol. The van der Waals surface area contributed by atoms with Gasteiger partial charge >= 0.3 is 0 Å². The van der Waals surface area contributed by atoms with E-state index in [-0.39, 0.29) is 6.04 Å². The van der Waals surface area contributed by atoms with E-state index in [1.165, 1.54) is 17.8 Å². The minimum Gasteiger partial charge on any atom is -0.326 e. The lowest BCUT2D eigenvalue weighted by atomic mass is 9.85. The summed E-state index contributed by atoms with van der Waals surface area (Å²) in [5, 5.41) is 0. The predicted molar refractivity (Wildman–Crippen MR) is 87.9 cm³/mol. The molecule has 1 aromatic rings. The van der Waals surface area contributed by atoms with E-state index in [4.69, 9.17) is 5.73 Å². The quantitative estimate of drug-likeness (QED) is 0.902. The number of thiophene rings is 1. The summed E-state index contributed by atoms with van der Waals surface area (Å²) in [7, 11) is -1.65. The molecule has 0 atom stereocenters. The van der Waals surface area contributed by atoms with Crippen LogP contribution in [0.1, 0.15) is 49.5 Å². The second-order valence-electron chi connectivity index (χ2n) is 5.98. The van der Waals surface area contributed by atoms with Crippen molar-refractivity contribution in [2.24, 2.45) is 11.7 Å². The van der Waals surface area contributed by atoms with Crippen LogP contribution in [0.4, 0.5) is 0 Å². The maximum atomic E-state index is 12.8. The van der Waals surface area contributed by atoms with Crippen LogP contribution in [0.15, 0.2) is 10.3 Å². The SMILES string of the molecule is CCC1CCC(N(C)S(=O)(=O)c2cc(C)c(CN)s2)CC1. The Labute approximate surface area is 132 Å². The number of nitrogens with zero attached hydrogens (tertiary/aromatic N) is 1. The molecular weight excluding hydrogens is 304 g/mol. The highest BCUT2D eigenvalue weighted by Gasteiger charge is 2.32. The molecule has 1 fully saturated rings. The van der Waals surface area contributed by atoms with E-state index in [9.17, 15) is 8.42 Å². The summed E-state index contributed by atoms with van der Waals surface area (Å²) in [6.45, 7) is 4.54. The molecule has 0 saturated heterocycles. The van der Waals surface area contributed by atoms with Crippen molar-refractivity contribution in [2.45, 2.75) is 62.7 Å². The van der Waals surface area contributed by atoms with Gasteiger partial charge in [-0.05, 0) is 50.2 Å². The molecule has 4 nitrogen and oxygen atoms in total. The normalized spacial score (nSPS) is 23.7. The largest absolute Gasteiger partial charge is 0.326 e. The van der Waals surface area contributed by atoms with Crippen molar-refractivity contribution in [1.82, 2.24) is 4.31 Å². The van der Waals surface area contributed by atoms with Crippen LogP contribution in [0, 0.1) is 12.8 Å². The van der Waals surface area contributed by atoms with Crippen LogP contribution in [0.5, 0.6) is 0 Å². The van der Waals surface area contributed by atoms with Gasteiger partial charge in [0.05, 0.1) is 0 Å². The van der Waals surface area contributed by atoms with Crippen molar-refractivity contribution in [3.63, 3.8) is 0 Å². The van der Waals surface area contributed by atoms with Gasteiger partial charge in [0.1, 0.15) is 4.21 Å². The van der Waals surface area contributed by atoms with Crippen molar-refractivity contribution in [3.05, 3.63) is 16.5 Å². The van der Waals surface area contributed by atoms with Crippen molar-refractivity contribution in [1.29, 1.82) is 0 Å². The number of sulfonamides is 1. The molecule has 0 unspecified atom stereocenters. The summed E-state index contributed by atoms with van der Waals surface area (Å²) in [5.74, 6) is 0.769. The Bertz CT molecular complexity index is 572. The summed E-state index contributed by atoms with van der Waals surface area (Å²) in [6.07, 6.45) is 5.43. The molecule has 0 amide bonds. The van der Waals surface area contributed by atoms with Gasteiger partial charge in [-0.2, -0.15) is 4.31 Å². The minimum absolute atomic E-state index is 0.140. The van der Waals surface area contributed by atoms with E-state index in [1.54, 1.807) is 17.4 Å². The summed E-state index contributed by atoms with van der Waals surface area (Å²) in [6, 6.07) is 1.90. The highest BCUT2D eigenvalue weighted by molar-refractivity contribution is 7.91. The fraction of sp³-hybridized carbons (Fsp3) is 0.733. The molecule has 2 N–H and O–H groups in total. The lowest BCUT2D eigenvalue weighted by molar-refractivity contribution is 0.233. The molecule has 0 bridgehead atoms. The Morgan fingerprint density at radius 1 is 1.33 bits per heavy atom. The van der Waals surface area contributed by atoms with Gasteiger partial charge in [0.25, 0.3) is 10.0 Å². The van der Waals surface area contributed by atoms with Crippen LogP contribution in [-0.2, 0) is 16.6 Å². The van der Waals surface area contributed by atoms with Gasteiger partial charge in [-0.15, -0.1) is 11.3 Å². The second-order valence-corrected chi connectivity index (χ2v) is 9.34. The van der Waals surface area contributed by atoms with Gasteiger partial charge in [-0.25, -0.2) is 8.42 Å². The van der Waals surface area contributed by atoms with Crippen LogP contribution in [0.3, 0.4) is 0 Å². The number of rotatable bonds is 5. The Balaban J connectivity index is 2.15. The molecule has 1 heterocycles. The van der Waals surface area contributed by atoms with E-state index < -0.39 is 10.0 Å². The summed E-state index contributed by atoms with van der Waals surface area (Å²) in [5.41, 5.74) is 6.63. The fourth-order valence-corrected chi connectivity index (χ4v) is 6.14. The molecule has 2 rings (SSSR count). The lowest BCUT2D eigenvalue weighted by Crippen LogP contribution is -2.39. The number of hydrogen-bond donors (Lipinski definition) is 1. The van der Waals surface area contributed by atoms with Crippen molar-refractivity contribution < 1.29 is 8.42 Å². The molecule has 0 aliphatic heterocycles. The summed E-state index contributed by atoms with van der Waals surface area (Å²) < 4.78 is 27.5. The molecule has 1 aromatic heterocycles. The van der Waals surface area contributed by atoms with Gasteiger partial charge in [0.15, 0.2) is 0 Å². The van der Waals surface area contributed by atoms with E-state index in [0.717, 1.165) is 42.0 Å². The first-order valence-electron chi connectivity index (χ1n) is 7.67. The number of hydrogen-bond acceptors (Lipinski definition) is 4. The maximum absolute atomic E-state index is 12.8. The van der Waals surface area contributed by atoms with Crippen molar-refractivity contribution in [3.8, 4) is 0 Å². The third kappa shape index (κ3) is 3.50. The molecule has 1 saturated carbocycles. The monoisotopic (exact) mass is 330 g/mol. The molecule has 1 aliphatic rings. The Kier molecular flexibility index (Phi) is 5.46. The molecular formula is C15H26N2O2S2. The van der Waals surface area contributed by atoms with Crippen LogP contribution < -0.4 is 5.73 Å². The summed E-state index contributed by atoms with van der Waals surface area (Å²) in [4.78, 5) is 0.955. The van der Waals surface area contributed by atoms with Gasteiger partial charge in [0, 0.05) is 24.5 Å². The summed E-state index contributed by atoms with van der Waals surface area (Å²) >= 11 is 1.31. The zero-order chi connectivity index (χ0) is 15.6. The molecule has 0 radical (unpaired) electrons. The highest BCUT2D eigenvalue weighted by Crippen LogP contribution is 2.33. The van der Waals surface area contributed by atoms with E-state index in [2.05, 4.69) is 6.92 Å². The standard InChI is InChI=1S/C15H26N2O2S2/c1-4-12-5-7-13(8-6-12)17(3)21(18,19)15-9-11(2)14(10-16)20-15/h9,12-13H,4-8,10,16H2,1-3H3. The molecule has 0 aromatic carbocycles. The third-order valence-corrected chi connectivity index (χ3v) is 8.34. The molecule has 21 heavy (non-hydrogen) atoms. The van der Waals surface area contributed by atoms with Gasteiger partial charge in [-0.1, -0.05) is 13.3 Å². The highest BCUT2D eigenvalue weighted by atomic mass is 32.2. The zero-order valence-electron chi connectivity index (χ0n) is 13.1. The Hall–Kier alpha value is -0.430. The van der Waals surface area contributed by atoms with Crippen molar-refractivity contribution in [2.75, 3.05) is 7.05 Å². The molecule has 120 valence electrons. The number of nitrogens with two attached hydrogens (primary N) is 1. The first kappa shape index (κ1) is 16.9. The first-order valence-corrected chi connectivity index (χ1v) is 9.93. The zero-order valence-corrected chi connectivity index (χ0v) is 14.8. The topological polar surface area (TPSA) is 63.4 Å². The van der Waals surface area contributed by atoms with Crippen LogP contribution in [0.2, 0.25) is 0 Å². The lowest BCUT2D eigenvalue weighted by Gasteiger charge is -2.33. The molecule has 0 spiro atoms. The maximum Gasteiger partial charge on any atom is 0.252 e. The van der Waals surface area contributed by atoms with E-state index in [0.29, 0.717) is 10.8 Å². The first-order chi connectivity index (χ1) is 9.90. The fourth-order valence-electron chi connectivity index (χ4n) is 3.07. The van der Waals surface area contributed by atoms with Gasteiger partial charge < -0.3 is 5.73 Å². The van der Waals surface area contributed by atoms with E-state index >= 15 is 0 Å². The minimum atomic E-state index is -3.38. The average Bonchev–Trinajstić information content (AvgIpc) is 2.88. The van der Waals surface area contributed by atoms with Crippen LogP contribution >= 0.6 is 11.3 Å². The van der Waals surface area contributed by atoms with Crippen LogP contribution in [0.25, 0.3) is 0 Å². The second kappa shape index (κ2) is 6.77. The van der Waals surface area contributed by atoms with Crippen molar-refractivity contribution >= 4 is 21.4 Å². The van der Waals surface area contributed by atoms with E-state index in [1.807, 2.05) is 6.92 Å². The Morgan fingerprint density at radius 3 is 2.43 bits per heavy atom. The number of aryl methyl sites for hydroxylation is 1. The van der Waals surface area contributed by atoms with Crippen LogP contribution in [-0.4, -0.2) is 25.8 Å². The molecule has 6 heteroatoms.